The van der Waals surface area contributed by atoms with Gasteiger partial charge < -0.3 is 5.32 Å². The van der Waals surface area contributed by atoms with Crippen LogP contribution in [0.3, 0.4) is 0 Å². The Bertz CT molecular complexity index is 588. The Labute approximate surface area is 127 Å². The van der Waals surface area contributed by atoms with Crippen LogP contribution in [-0.4, -0.2) is 22.4 Å². The van der Waals surface area contributed by atoms with E-state index in [1.807, 2.05) is 17.9 Å². The van der Waals surface area contributed by atoms with Crippen molar-refractivity contribution >= 4 is 0 Å². The predicted octanol–water partition coefficient (Wildman–Crippen LogP) is 3.06. The Morgan fingerprint density at radius 1 is 1.33 bits per heavy atom. The number of fused-ring (bicyclic) bond motifs is 1. The van der Waals surface area contributed by atoms with Crippen LogP contribution in [0, 0.1) is 0 Å². The van der Waals surface area contributed by atoms with Gasteiger partial charge in [-0.25, -0.2) is 0 Å². The van der Waals surface area contributed by atoms with Crippen molar-refractivity contribution in [3.8, 4) is 0 Å². The van der Waals surface area contributed by atoms with Gasteiger partial charge >= 0.3 is 0 Å². The Morgan fingerprint density at radius 3 is 2.95 bits per heavy atom. The maximum Gasteiger partial charge on any atom is 0.0640 e. The summed E-state index contributed by atoms with van der Waals surface area (Å²) in [6.45, 7) is 3.31. The minimum absolute atomic E-state index is 0.489. The molecule has 0 aliphatic heterocycles. The second-order valence-corrected chi connectivity index (χ2v) is 6.09. The lowest BCUT2D eigenvalue weighted by atomic mass is 9.90. The summed E-state index contributed by atoms with van der Waals surface area (Å²) in [7, 11) is 1.99. The van der Waals surface area contributed by atoms with E-state index < -0.39 is 0 Å². The number of aryl methyl sites for hydroxylation is 2. The van der Waals surface area contributed by atoms with Crippen molar-refractivity contribution in [1.29, 1.82) is 0 Å². The molecule has 2 atom stereocenters. The van der Waals surface area contributed by atoms with E-state index in [1.165, 1.54) is 30.5 Å². The third-order valence-corrected chi connectivity index (χ3v) is 4.52. The first-order valence-electron chi connectivity index (χ1n) is 8.07. The Morgan fingerprint density at radius 2 is 2.19 bits per heavy atom. The number of rotatable bonds is 6. The molecule has 1 aromatic heterocycles. The zero-order valence-electron chi connectivity index (χ0n) is 13.0. The highest BCUT2D eigenvalue weighted by atomic mass is 15.2. The second kappa shape index (κ2) is 6.44. The zero-order chi connectivity index (χ0) is 14.7. The fourth-order valence-electron chi connectivity index (χ4n) is 3.49. The summed E-state index contributed by atoms with van der Waals surface area (Å²) < 4.78 is 1.90. The largest absolute Gasteiger partial charge is 0.313 e. The Balaban J connectivity index is 1.79. The number of nitrogens with one attached hydrogen (secondary N) is 1. The van der Waals surface area contributed by atoms with E-state index >= 15 is 0 Å². The summed E-state index contributed by atoms with van der Waals surface area (Å²) in [4.78, 5) is 0. The fourth-order valence-corrected chi connectivity index (χ4v) is 3.49. The van der Waals surface area contributed by atoms with Crippen molar-refractivity contribution in [2.24, 2.45) is 7.05 Å². The molecule has 0 bridgehead atoms. The molecule has 21 heavy (non-hydrogen) atoms. The lowest BCUT2D eigenvalue weighted by Crippen LogP contribution is -2.36. The summed E-state index contributed by atoms with van der Waals surface area (Å²) in [6, 6.07) is 11.6. The van der Waals surface area contributed by atoms with Crippen LogP contribution in [0.1, 0.15) is 42.5 Å². The highest BCUT2D eigenvalue weighted by Crippen LogP contribution is 2.36. The van der Waals surface area contributed by atoms with Gasteiger partial charge in [0, 0.05) is 31.6 Å². The first-order valence-corrected chi connectivity index (χ1v) is 8.07. The van der Waals surface area contributed by atoms with Crippen LogP contribution >= 0.6 is 0 Å². The molecule has 3 nitrogen and oxygen atoms in total. The lowest BCUT2D eigenvalue weighted by Gasteiger charge is -2.25. The molecule has 2 unspecified atom stereocenters. The van der Waals surface area contributed by atoms with Gasteiger partial charge in [0.25, 0.3) is 0 Å². The van der Waals surface area contributed by atoms with Gasteiger partial charge in [-0.1, -0.05) is 31.2 Å². The van der Waals surface area contributed by atoms with Crippen LogP contribution in [0.4, 0.5) is 0 Å². The van der Waals surface area contributed by atoms with E-state index in [0.717, 1.165) is 13.0 Å². The van der Waals surface area contributed by atoms with E-state index in [1.54, 1.807) is 5.56 Å². The van der Waals surface area contributed by atoms with Crippen LogP contribution in [0.25, 0.3) is 0 Å². The predicted molar refractivity (Wildman–Crippen MR) is 86.5 cm³/mol. The number of hydrogen-bond acceptors (Lipinski definition) is 2. The quantitative estimate of drug-likeness (QED) is 0.883. The standard InChI is InChI=1S/C18H25N3/c1-3-11-19-18(13-15-10-12-21(2)20-15)17-9-8-14-6-4-5-7-16(14)17/h4-7,10,12,17-19H,3,8-9,11,13H2,1-2H3. The molecule has 1 N–H and O–H groups in total. The normalized spacial score (nSPS) is 18.7. The molecule has 1 aromatic carbocycles. The SMILES string of the molecule is CCCNC(Cc1ccn(C)n1)C1CCc2ccccc21. The fraction of sp³-hybridized carbons (Fsp3) is 0.500. The van der Waals surface area contributed by atoms with E-state index in [4.69, 9.17) is 0 Å². The Kier molecular flexibility index (Phi) is 4.39. The van der Waals surface area contributed by atoms with Crippen molar-refractivity contribution in [2.75, 3.05) is 6.54 Å². The summed E-state index contributed by atoms with van der Waals surface area (Å²) in [5, 5.41) is 8.32. The lowest BCUT2D eigenvalue weighted by molar-refractivity contribution is 0.421. The van der Waals surface area contributed by atoms with Crippen LogP contribution in [0.5, 0.6) is 0 Å². The van der Waals surface area contributed by atoms with Gasteiger partial charge in [0.1, 0.15) is 0 Å². The minimum atomic E-state index is 0.489. The van der Waals surface area contributed by atoms with E-state index in [-0.39, 0.29) is 0 Å². The average Bonchev–Trinajstić information content (AvgIpc) is 3.09. The molecule has 3 heteroatoms. The highest BCUT2D eigenvalue weighted by Gasteiger charge is 2.29. The van der Waals surface area contributed by atoms with Crippen molar-refractivity contribution < 1.29 is 0 Å². The maximum absolute atomic E-state index is 4.56. The van der Waals surface area contributed by atoms with E-state index in [0.29, 0.717) is 12.0 Å². The third kappa shape index (κ3) is 3.18. The van der Waals surface area contributed by atoms with Crippen LogP contribution in [0.2, 0.25) is 0 Å². The molecule has 112 valence electrons. The average molecular weight is 283 g/mol. The molecule has 1 heterocycles. The van der Waals surface area contributed by atoms with Gasteiger partial charge in [0.15, 0.2) is 0 Å². The molecule has 1 aliphatic carbocycles. The topological polar surface area (TPSA) is 29.9 Å². The van der Waals surface area contributed by atoms with E-state index in [2.05, 4.69) is 47.7 Å². The van der Waals surface area contributed by atoms with E-state index in [9.17, 15) is 0 Å². The van der Waals surface area contributed by atoms with Crippen LogP contribution < -0.4 is 5.32 Å². The van der Waals surface area contributed by atoms with Gasteiger partial charge in [-0.15, -0.1) is 0 Å². The third-order valence-electron chi connectivity index (χ3n) is 4.52. The molecule has 0 fully saturated rings. The molecule has 1 aliphatic rings. The smallest absolute Gasteiger partial charge is 0.0640 e. The number of nitrogens with zero attached hydrogens (tertiary/aromatic N) is 2. The summed E-state index contributed by atoms with van der Waals surface area (Å²) >= 11 is 0. The van der Waals surface area contributed by atoms with Crippen LogP contribution in [0.15, 0.2) is 36.5 Å². The van der Waals surface area contributed by atoms with Crippen molar-refractivity contribution in [2.45, 2.75) is 44.6 Å². The molecule has 3 rings (SSSR count). The molecule has 0 saturated heterocycles. The molecular weight excluding hydrogens is 258 g/mol. The molecule has 0 amide bonds. The number of hydrogen-bond donors (Lipinski definition) is 1. The minimum Gasteiger partial charge on any atom is -0.313 e. The maximum atomic E-state index is 4.56. The zero-order valence-corrected chi connectivity index (χ0v) is 13.0. The second-order valence-electron chi connectivity index (χ2n) is 6.09. The first kappa shape index (κ1) is 14.3. The van der Waals surface area contributed by atoms with Gasteiger partial charge in [-0.2, -0.15) is 5.10 Å². The van der Waals surface area contributed by atoms with Crippen molar-refractivity contribution in [3.05, 3.63) is 53.3 Å². The summed E-state index contributed by atoms with van der Waals surface area (Å²) in [5.74, 6) is 0.620. The number of benzene rings is 1. The first-order chi connectivity index (χ1) is 10.3. The summed E-state index contributed by atoms with van der Waals surface area (Å²) in [6.07, 6.45) is 6.70. The molecule has 0 spiro atoms. The molecule has 2 aromatic rings. The highest BCUT2D eigenvalue weighted by molar-refractivity contribution is 5.36. The van der Waals surface area contributed by atoms with Crippen molar-refractivity contribution in [1.82, 2.24) is 15.1 Å². The Hall–Kier alpha value is -1.61. The summed E-state index contributed by atoms with van der Waals surface area (Å²) in [5.41, 5.74) is 4.27. The van der Waals surface area contributed by atoms with Gasteiger partial charge in [-0.3, -0.25) is 4.68 Å². The van der Waals surface area contributed by atoms with Gasteiger partial charge in [0.05, 0.1) is 5.69 Å². The number of aromatic nitrogens is 2. The molecule has 0 saturated carbocycles. The van der Waals surface area contributed by atoms with Gasteiger partial charge in [0.2, 0.25) is 0 Å². The monoisotopic (exact) mass is 283 g/mol. The molecular formula is C18H25N3. The van der Waals surface area contributed by atoms with Crippen LogP contribution in [-0.2, 0) is 19.9 Å². The van der Waals surface area contributed by atoms with Crippen molar-refractivity contribution in [3.63, 3.8) is 0 Å². The van der Waals surface area contributed by atoms with Gasteiger partial charge in [-0.05, 0) is 43.0 Å². The molecule has 0 radical (unpaired) electrons.